The number of hydrogen-bond donors (Lipinski definition) is 1. The quantitative estimate of drug-likeness (QED) is 0.761. The maximum Gasteiger partial charge on any atom is 0.410 e. The number of rotatable bonds is 1. The van der Waals surface area contributed by atoms with Crippen molar-refractivity contribution in [1.82, 2.24) is 4.90 Å². The summed E-state index contributed by atoms with van der Waals surface area (Å²) in [4.78, 5) is 24.4. The molecule has 2 aliphatic rings. The zero-order chi connectivity index (χ0) is 13.6. The van der Waals surface area contributed by atoms with Gasteiger partial charge in [0.25, 0.3) is 0 Å². The molecule has 0 aromatic carbocycles. The fourth-order valence-corrected chi connectivity index (χ4v) is 2.51. The molecule has 1 amide bonds. The average molecular weight is 257 g/mol. The van der Waals surface area contributed by atoms with Gasteiger partial charge in [-0.25, -0.2) is 9.59 Å². The van der Waals surface area contributed by atoms with Gasteiger partial charge in [0.1, 0.15) is 5.60 Å². The zero-order valence-corrected chi connectivity index (χ0v) is 10.9. The number of carbonyl (C=O) groups excluding carboxylic acids is 1. The van der Waals surface area contributed by atoms with Crippen LogP contribution < -0.4 is 0 Å². The van der Waals surface area contributed by atoms with Crippen LogP contribution in [0.15, 0.2) is 0 Å². The molecule has 2 heterocycles. The summed E-state index contributed by atoms with van der Waals surface area (Å²) >= 11 is 0. The van der Waals surface area contributed by atoms with E-state index in [1.54, 1.807) is 20.8 Å². The van der Waals surface area contributed by atoms with Crippen LogP contribution in [0.5, 0.6) is 0 Å². The van der Waals surface area contributed by atoms with Crippen molar-refractivity contribution in [3.05, 3.63) is 0 Å². The first kappa shape index (κ1) is 13.1. The summed E-state index contributed by atoms with van der Waals surface area (Å²) in [7, 11) is 0. The molecule has 2 rings (SSSR count). The number of carboxylic acids is 1. The number of carboxylic acid groups (broad SMARTS) is 1. The first-order valence-corrected chi connectivity index (χ1v) is 6.06. The molecule has 2 saturated heterocycles. The molecule has 1 atom stereocenters. The normalized spacial score (nSPS) is 25.9. The standard InChI is InChI=1S/C12H19NO5/c1-11(2,3)18-10(16)13-6-12(7-13)4-5-17-8(12)9(14)15/h8H,4-7H2,1-3H3,(H,14,15). The Morgan fingerprint density at radius 2 is 2.00 bits per heavy atom. The van der Waals surface area contributed by atoms with Crippen molar-refractivity contribution in [2.24, 2.45) is 5.41 Å². The van der Waals surface area contributed by atoms with Crippen LogP contribution in [0.25, 0.3) is 0 Å². The lowest BCUT2D eigenvalue weighted by Crippen LogP contribution is -2.63. The molecule has 6 heteroatoms. The van der Waals surface area contributed by atoms with Crippen LogP contribution in [0, 0.1) is 5.41 Å². The van der Waals surface area contributed by atoms with E-state index in [2.05, 4.69) is 0 Å². The minimum atomic E-state index is -0.948. The molecule has 18 heavy (non-hydrogen) atoms. The van der Waals surface area contributed by atoms with Gasteiger partial charge in [-0.05, 0) is 27.2 Å². The van der Waals surface area contributed by atoms with Crippen molar-refractivity contribution in [2.45, 2.75) is 38.9 Å². The van der Waals surface area contributed by atoms with Crippen molar-refractivity contribution in [1.29, 1.82) is 0 Å². The Bertz CT molecular complexity index is 367. The highest BCUT2D eigenvalue weighted by Gasteiger charge is 2.57. The lowest BCUT2D eigenvalue weighted by atomic mass is 9.74. The first-order chi connectivity index (χ1) is 8.23. The molecule has 0 bridgehead atoms. The fourth-order valence-electron chi connectivity index (χ4n) is 2.51. The number of amides is 1. The van der Waals surface area contributed by atoms with E-state index in [9.17, 15) is 9.59 Å². The maximum atomic E-state index is 11.8. The highest BCUT2D eigenvalue weighted by atomic mass is 16.6. The second-order valence-electron chi connectivity index (χ2n) is 6.04. The van der Waals surface area contributed by atoms with Crippen LogP contribution in [-0.4, -0.2) is 53.5 Å². The third-order valence-electron chi connectivity index (χ3n) is 3.33. The Balaban J connectivity index is 1.93. The highest BCUT2D eigenvalue weighted by molar-refractivity contribution is 5.76. The fraction of sp³-hybridized carbons (Fsp3) is 0.833. The van der Waals surface area contributed by atoms with Gasteiger partial charge >= 0.3 is 12.1 Å². The van der Waals surface area contributed by atoms with Crippen molar-refractivity contribution in [3.63, 3.8) is 0 Å². The molecule has 1 spiro atoms. The maximum absolute atomic E-state index is 11.8. The van der Waals surface area contributed by atoms with Gasteiger partial charge in [-0.15, -0.1) is 0 Å². The molecule has 0 saturated carbocycles. The molecule has 102 valence electrons. The Hall–Kier alpha value is -1.30. The molecule has 2 fully saturated rings. The zero-order valence-electron chi connectivity index (χ0n) is 10.9. The minimum absolute atomic E-state index is 0.385. The number of likely N-dealkylation sites (tertiary alicyclic amines) is 1. The molecule has 1 N–H and O–H groups in total. The number of nitrogens with zero attached hydrogens (tertiary/aromatic N) is 1. The Morgan fingerprint density at radius 3 is 2.50 bits per heavy atom. The molecular formula is C12H19NO5. The summed E-state index contributed by atoms with van der Waals surface area (Å²) in [5, 5.41) is 9.07. The minimum Gasteiger partial charge on any atom is -0.479 e. The predicted octanol–water partition coefficient (Wildman–Crippen LogP) is 1.10. The van der Waals surface area contributed by atoms with E-state index in [0.29, 0.717) is 26.1 Å². The summed E-state index contributed by atoms with van der Waals surface area (Å²) in [5.74, 6) is -0.948. The van der Waals surface area contributed by atoms with Crippen molar-refractivity contribution < 1.29 is 24.2 Å². The van der Waals surface area contributed by atoms with Crippen molar-refractivity contribution in [2.75, 3.05) is 19.7 Å². The van der Waals surface area contributed by atoms with Gasteiger partial charge in [0.2, 0.25) is 0 Å². The van der Waals surface area contributed by atoms with Crippen LogP contribution in [0.2, 0.25) is 0 Å². The summed E-state index contributed by atoms with van der Waals surface area (Å²) in [6, 6.07) is 0. The monoisotopic (exact) mass is 257 g/mol. The van der Waals surface area contributed by atoms with E-state index >= 15 is 0 Å². The first-order valence-electron chi connectivity index (χ1n) is 6.06. The Morgan fingerprint density at radius 1 is 1.39 bits per heavy atom. The van der Waals surface area contributed by atoms with Gasteiger partial charge in [0.15, 0.2) is 6.10 Å². The van der Waals surface area contributed by atoms with Gasteiger partial charge in [0, 0.05) is 25.1 Å². The van der Waals surface area contributed by atoms with Gasteiger partial charge < -0.3 is 19.5 Å². The van der Waals surface area contributed by atoms with Crippen molar-refractivity contribution in [3.8, 4) is 0 Å². The topological polar surface area (TPSA) is 76.1 Å². The van der Waals surface area contributed by atoms with Crippen LogP contribution in [0.1, 0.15) is 27.2 Å². The van der Waals surface area contributed by atoms with Gasteiger partial charge in [-0.2, -0.15) is 0 Å². The van der Waals surface area contributed by atoms with Gasteiger partial charge in [-0.1, -0.05) is 0 Å². The third-order valence-corrected chi connectivity index (χ3v) is 3.33. The van der Waals surface area contributed by atoms with Gasteiger partial charge in [0.05, 0.1) is 0 Å². The molecule has 0 aromatic rings. The largest absolute Gasteiger partial charge is 0.479 e. The second-order valence-corrected chi connectivity index (χ2v) is 6.04. The SMILES string of the molecule is CC(C)(C)OC(=O)N1CC2(CCOC2C(=O)O)C1. The summed E-state index contributed by atoms with van der Waals surface area (Å²) < 4.78 is 10.5. The molecule has 0 aromatic heterocycles. The Kier molecular flexibility index (Phi) is 3.01. The summed E-state index contributed by atoms with van der Waals surface area (Å²) in [6.07, 6.45) is -0.496. The van der Waals surface area contributed by atoms with Gasteiger partial charge in [-0.3, -0.25) is 0 Å². The van der Waals surface area contributed by atoms with Crippen LogP contribution >= 0.6 is 0 Å². The van der Waals surface area contributed by atoms with E-state index in [0.717, 1.165) is 0 Å². The van der Waals surface area contributed by atoms with Crippen LogP contribution in [-0.2, 0) is 14.3 Å². The molecular weight excluding hydrogens is 238 g/mol. The van der Waals surface area contributed by atoms with E-state index in [1.165, 1.54) is 4.90 Å². The van der Waals surface area contributed by atoms with E-state index in [4.69, 9.17) is 14.6 Å². The number of carbonyl (C=O) groups is 2. The number of aliphatic carboxylic acids is 1. The van der Waals surface area contributed by atoms with Crippen molar-refractivity contribution >= 4 is 12.1 Å². The number of hydrogen-bond acceptors (Lipinski definition) is 4. The van der Waals surface area contributed by atoms with Crippen LogP contribution in [0.4, 0.5) is 4.79 Å². The van der Waals surface area contributed by atoms with E-state index in [-0.39, 0.29) is 6.09 Å². The third kappa shape index (κ3) is 2.29. The molecule has 2 aliphatic heterocycles. The second kappa shape index (κ2) is 4.12. The molecule has 1 unspecified atom stereocenters. The Labute approximate surface area is 106 Å². The van der Waals surface area contributed by atoms with E-state index < -0.39 is 23.1 Å². The molecule has 6 nitrogen and oxygen atoms in total. The molecule has 0 aliphatic carbocycles. The smallest absolute Gasteiger partial charge is 0.410 e. The van der Waals surface area contributed by atoms with E-state index in [1.807, 2.05) is 0 Å². The lowest BCUT2D eigenvalue weighted by Gasteiger charge is -2.48. The predicted molar refractivity (Wildman–Crippen MR) is 62.2 cm³/mol. The highest BCUT2D eigenvalue weighted by Crippen LogP contribution is 2.43. The summed E-state index contributed by atoms with van der Waals surface area (Å²) in [5.41, 5.74) is -0.944. The molecule has 0 radical (unpaired) electrons. The lowest BCUT2D eigenvalue weighted by molar-refractivity contribution is -0.159. The number of ether oxygens (including phenoxy) is 2. The summed E-state index contributed by atoms with van der Waals surface area (Å²) in [6.45, 7) is 6.66. The van der Waals surface area contributed by atoms with Crippen LogP contribution in [0.3, 0.4) is 0 Å². The average Bonchev–Trinajstić information content (AvgIpc) is 2.55.